The summed E-state index contributed by atoms with van der Waals surface area (Å²) in [5.74, 6) is 0.276. The molecule has 0 N–H and O–H groups in total. The van der Waals surface area contributed by atoms with Gasteiger partial charge in [-0.05, 0) is 49.3 Å². The summed E-state index contributed by atoms with van der Waals surface area (Å²) in [7, 11) is -3.45. The van der Waals surface area contributed by atoms with E-state index in [9.17, 15) is 12.8 Å². The third-order valence-electron chi connectivity index (χ3n) is 4.80. The molecule has 0 radical (unpaired) electrons. The first-order valence-corrected chi connectivity index (χ1v) is 9.40. The molecule has 0 amide bonds. The van der Waals surface area contributed by atoms with Crippen LogP contribution < -0.4 is 0 Å². The molecular formula is C16H23FN2O2S. The summed E-state index contributed by atoms with van der Waals surface area (Å²) >= 11 is 0. The van der Waals surface area contributed by atoms with E-state index in [1.54, 1.807) is 14.7 Å². The SMILES string of the molecule is CC1CCN(S(=O)(=O)N2CCC[C@H]2c2cccc(F)c2)CC1. The summed E-state index contributed by atoms with van der Waals surface area (Å²) in [5.41, 5.74) is 0.756. The monoisotopic (exact) mass is 326 g/mol. The highest BCUT2D eigenvalue weighted by molar-refractivity contribution is 7.86. The molecule has 3 rings (SSSR count). The lowest BCUT2D eigenvalue weighted by molar-refractivity contribution is 0.260. The van der Waals surface area contributed by atoms with Gasteiger partial charge in [-0.1, -0.05) is 19.1 Å². The summed E-state index contributed by atoms with van der Waals surface area (Å²) in [6, 6.07) is 6.08. The summed E-state index contributed by atoms with van der Waals surface area (Å²) < 4.78 is 42.5. The summed E-state index contributed by atoms with van der Waals surface area (Å²) in [5, 5.41) is 0. The average molecular weight is 326 g/mol. The zero-order valence-electron chi connectivity index (χ0n) is 12.9. The van der Waals surface area contributed by atoms with Gasteiger partial charge in [0.2, 0.25) is 0 Å². The smallest absolute Gasteiger partial charge is 0.207 e. The standard InChI is InChI=1S/C16H23FN2O2S/c1-13-7-10-18(11-8-13)22(20,21)19-9-3-6-16(19)14-4-2-5-15(17)12-14/h2,4-5,12-13,16H,3,6-11H2,1H3/t16-/m0/s1. The number of piperidine rings is 1. The molecule has 22 heavy (non-hydrogen) atoms. The predicted molar refractivity (Wildman–Crippen MR) is 84.0 cm³/mol. The Morgan fingerprint density at radius 3 is 2.55 bits per heavy atom. The van der Waals surface area contributed by atoms with Crippen molar-refractivity contribution in [2.75, 3.05) is 19.6 Å². The lowest BCUT2D eigenvalue weighted by Crippen LogP contribution is -2.46. The molecule has 0 aromatic heterocycles. The van der Waals surface area contributed by atoms with Crippen LogP contribution >= 0.6 is 0 Å². The molecule has 0 spiro atoms. The van der Waals surface area contributed by atoms with Crippen molar-refractivity contribution in [2.45, 2.75) is 38.6 Å². The van der Waals surface area contributed by atoms with Crippen LogP contribution in [0.4, 0.5) is 4.39 Å². The summed E-state index contributed by atoms with van der Waals surface area (Å²) in [6.45, 7) is 3.87. The van der Waals surface area contributed by atoms with Crippen molar-refractivity contribution in [2.24, 2.45) is 5.92 Å². The second-order valence-electron chi connectivity index (χ2n) is 6.41. The quantitative estimate of drug-likeness (QED) is 0.857. The Labute approximate surface area is 132 Å². The van der Waals surface area contributed by atoms with Crippen molar-refractivity contribution in [3.8, 4) is 0 Å². The molecule has 6 heteroatoms. The first kappa shape index (κ1) is 15.9. The minimum absolute atomic E-state index is 0.236. The molecule has 2 fully saturated rings. The van der Waals surface area contributed by atoms with E-state index in [0.717, 1.165) is 31.2 Å². The van der Waals surface area contributed by atoms with E-state index in [1.165, 1.54) is 12.1 Å². The minimum atomic E-state index is -3.45. The number of hydrogen-bond donors (Lipinski definition) is 0. The van der Waals surface area contributed by atoms with Crippen LogP contribution in [0.3, 0.4) is 0 Å². The first-order valence-electron chi connectivity index (χ1n) is 8.01. The van der Waals surface area contributed by atoms with Crippen LogP contribution in [0.1, 0.15) is 44.2 Å². The molecule has 2 aliphatic rings. The van der Waals surface area contributed by atoms with Crippen LogP contribution in [0.5, 0.6) is 0 Å². The van der Waals surface area contributed by atoms with E-state index in [2.05, 4.69) is 6.92 Å². The number of halogens is 1. The maximum Gasteiger partial charge on any atom is 0.282 e. The van der Waals surface area contributed by atoms with Gasteiger partial charge in [0.15, 0.2) is 0 Å². The van der Waals surface area contributed by atoms with Gasteiger partial charge in [-0.15, -0.1) is 0 Å². The van der Waals surface area contributed by atoms with Gasteiger partial charge in [-0.2, -0.15) is 17.0 Å². The number of hydrogen-bond acceptors (Lipinski definition) is 2. The second-order valence-corrected chi connectivity index (χ2v) is 8.29. The van der Waals surface area contributed by atoms with Gasteiger partial charge in [0.1, 0.15) is 5.82 Å². The maximum absolute atomic E-state index is 13.5. The fourth-order valence-electron chi connectivity index (χ4n) is 3.43. The van der Waals surface area contributed by atoms with Crippen molar-refractivity contribution >= 4 is 10.2 Å². The van der Waals surface area contributed by atoms with Crippen molar-refractivity contribution in [1.29, 1.82) is 0 Å². The molecule has 0 unspecified atom stereocenters. The third kappa shape index (κ3) is 3.05. The summed E-state index contributed by atoms with van der Waals surface area (Å²) in [6.07, 6.45) is 3.41. The molecule has 1 atom stereocenters. The van der Waals surface area contributed by atoms with Crippen molar-refractivity contribution in [1.82, 2.24) is 8.61 Å². The Bertz CT molecular complexity index is 627. The predicted octanol–water partition coefficient (Wildman–Crippen LogP) is 2.94. The highest BCUT2D eigenvalue weighted by Gasteiger charge is 2.39. The van der Waals surface area contributed by atoms with Gasteiger partial charge in [-0.3, -0.25) is 0 Å². The summed E-state index contributed by atoms with van der Waals surface area (Å²) in [4.78, 5) is 0. The minimum Gasteiger partial charge on any atom is -0.207 e. The normalized spacial score (nSPS) is 25.6. The Morgan fingerprint density at radius 1 is 1.14 bits per heavy atom. The van der Waals surface area contributed by atoms with Gasteiger partial charge >= 0.3 is 0 Å². The zero-order chi connectivity index (χ0) is 15.7. The number of benzene rings is 1. The topological polar surface area (TPSA) is 40.6 Å². The van der Waals surface area contributed by atoms with Gasteiger partial charge in [0, 0.05) is 19.6 Å². The van der Waals surface area contributed by atoms with Crippen molar-refractivity contribution in [3.63, 3.8) is 0 Å². The number of rotatable bonds is 3. The molecular weight excluding hydrogens is 303 g/mol. The van der Waals surface area contributed by atoms with Gasteiger partial charge in [-0.25, -0.2) is 4.39 Å². The average Bonchev–Trinajstić information content (AvgIpc) is 2.98. The Hall–Kier alpha value is -0.980. The van der Waals surface area contributed by atoms with Gasteiger partial charge in [0.25, 0.3) is 10.2 Å². The van der Waals surface area contributed by atoms with Gasteiger partial charge in [0.05, 0.1) is 6.04 Å². The lowest BCUT2D eigenvalue weighted by Gasteiger charge is -2.34. The molecule has 1 aromatic rings. The first-order chi connectivity index (χ1) is 10.5. The second kappa shape index (κ2) is 6.26. The maximum atomic E-state index is 13.5. The molecule has 0 aliphatic carbocycles. The lowest BCUT2D eigenvalue weighted by atomic mass is 10.0. The largest absolute Gasteiger partial charge is 0.282 e. The molecule has 2 saturated heterocycles. The van der Waals surface area contributed by atoms with Crippen LogP contribution in [0.25, 0.3) is 0 Å². The Morgan fingerprint density at radius 2 is 1.86 bits per heavy atom. The molecule has 4 nitrogen and oxygen atoms in total. The van der Waals surface area contributed by atoms with Crippen LogP contribution in [0, 0.1) is 11.7 Å². The van der Waals surface area contributed by atoms with E-state index in [-0.39, 0.29) is 11.9 Å². The molecule has 2 heterocycles. The van der Waals surface area contributed by atoms with Crippen LogP contribution in [-0.4, -0.2) is 36.7 Å². The zero-order valence-corrected chi connectivity index (χ0v) is 13.7. The van der Waals surface area contributed by atoms with E-state index in [4.69, 9.17) is 0 Å². The third-order valence-corrected chi connectivity index (χ3v) is 6.85. The van der Waals surface area contributed by atoms with E-state index < -0.39 is 10.2 Å². The highest BCUT2D eigenvalue weighted by Crippen LogP contribution is 2.36. The van der Waals surface area contributed by atoms with Crippen LogP contribution in [0.15, 0.2) is 24.3 Å². The fraction of sp³-hybridized carbons (Fsp3) is 0.625. The Balaban J connectivity index is 1.83. The van der Waals surface area contributed by atoms with E-state index in [1.807, 2.05) is 6.07 Å². The van der Waals surface area contributed by atoms with Crippen LogP contribution in [0.2, 0.25) is 0 Å². The molecule has 0 saturated carbocycles. The number of nitrogens with zero attached hydrogens (tertiary/aromatic N) is 2. The highest BCUT2D eigenvalue weighted by atomic mass is 32.2. The van der Waals surface area contributed by atoms with E-state index >= 15 is 0 Å². The molecule has 1 aromatic carbocycles. The Kier molecular flexibility index (Phi) is 4.52. The molecule has 122 valence electrons. The van der Waals surface area contributed by atoms with Gasteiger partial charge < -0.3 is 0 Å². The molecule has 2 aliphatic heterocycles. The molecule has 0 bridgehead atoms. The fourth-order valence-corrected chi connectivity index (χ4v) is 5.30. The van der Waals surface area contributed by atoms with Crippen LogP contribution in [-0.2, 0) is 10.2 Å². The van der Waals surface area contributed by atoms with Crippen molar-refractivity contribution < 1.29 is 12.8 Å². The van der Waals surface area contributed by atoms with Crippen molar-refractivity contribution in [3.05, 3.63) is 35.6 Å². The van der Waals surface area contributed by atoms with E-state index in [0.29, 0.717) is 25.6 Å².